The first-order chi connectivity index (χ1) is 14.6. The molecule has 7 heteroatoms. The number of rotatable bonds is 7. The van der Waals surface area contributed by atoms with Crippen molar-refractivity contribution < 1.29 is 9.15 Å². The molecule has 0 fully saturated rings. The molecule has 4 rings (SSSR count). The zero-order valence-electron chi connectivity index (χ0n) is 16.8. The Morgan fingerprint density at radius 3 is 2.90 bits per heavy atom. The molecule has 0 radical (unpaired) electrons. The van der Waals surface area contributed by atoms with Gasteiger partial charge < -0.3 is 19.5 Å². The van der Waals surface area contributed by atoms with Gasteiger partial charge in [0.25, 0.3) is 11.6 Å². The van der Waals surface area contributed by atoms with Crippen molar-refractivity contribution in [3.63, 3.8) is 0 Å². The summed E-state index contributed by atoms with van der Waals surface area (Å²) in [5, 5.41) is 3.23. The van der Waals surface area contributed by atoms with Gasteiger partial charge >= 0.3 is 0 Å². The molecule has 7 nitrogen and oxygen atoms in total. The van der Waals surface area contributed by atoms with Crippen molar-refractivity contribution in [1.82, 2.24) is 15.0 Å². The van der Waals surface area contributed by atoms with Crippen LogP contribution in [0.25, 0.3) is 22.6 Å². The largest absolute Gasteiger partial charge is 0.423 e. The highest BCUT2D eigenvalue weighted by atomic mass is 16.5. The number of aromatic amines is 1. The van der Waals surface area contributed by atoms with E-state index >= 15 is 0 Å². The van der Waals surface area contributed by atoms with Gasteiger partial charge in [0.15, 0.2) is 5.76 Å². The summed E-state index contributed by atoms with van der Waals surface area (Å²) in [6.07, 6.45) is 4.89. The fourth-order valence-corrected chi connectivity index (χ4v) is 3.05. The van der Waals surface area contributed by atoms with Crippen molar-refractivity contribution in [2.24, 2.45) is 0 Å². The number of nitrogens with one attached hydrogen (secondary N) is 2. The Labute approximate surface area is 173 Å². The minimum atomic E-state index is -0.190. The third-order valence-electron chi connectivity index (χ3n) is 4.66. The summed E-state index contributed by atoms with van der Waals surface area (Å²) in [5.41, 5.74) is 4.72. The van der Waals surface area contributed by atoms with Crippen molar-refractivity contribution in [3.05, 3.63) is 82.5 Å². The standard InChI is InChI=1S/C23H22N4O3/c1-3-29-14-16-7-6-15(2)19(11-16)27-23-26-13-21(30-23)17-8-10-24-20(12-17)18-5-4-9-25-22(18)28/h4-13H,3,14H2,1-2H3,(H,25,28)(H,26,27). The van der Waals surface area contributed by atoms with Crippen molar-refractivity contribution in [2.75, 3.05) is 11.9 Å². The van der Waals surface area contributed by atoms with Gasteiger partial charge in [0.2, 0.25) is 0 Å². The van der Waals surface area contributed by atoms with E-state index in [0.29, 0.717) is 36.2 Å². The minimum Gasteiger partial charge on any atom is -0.423 e. The lowest BCUT2D eigenvalue weighted by atomic mass is 10.1. The zero-order chi connectivity index (χ0) is 20.9. The van der Waals surface area contributed by atoms with E-state index in [9.17, 15) is 4.79 Å². The molecule has 0 unspecified atom stereocenters. The average Bonchev–Trinajstić information content (AvgIpc) is 3.23. The minimum absolute atomic E-state index is 0.190. The first-order valence-electron chi connectivity index (χ1n) is 9.68. The Balaban J connectivity index is 1.58. The van der Waals surface area contributed by atoms with Gasteiger partial charge in [0.1, 0.15) is 0 Å². The molecule has 0 aliphatic rings. The molecule has 0 spiro atoms. The Morgan fingerprint density at radius 2 is 2.07 bits per heavy atom. The second kappa shape index (κ2) is 8.75. The molecule has 0 atom stereocenters. The SMILES string of the molecule is CCOCc1ccc(C)c(Nc2ncc(-c3ccnc(-c4ccc[nH]c4=O)c3)o2)c1. The maximum absolute atomic E-state index is 12.0. The van der Waals surface area contributed by atoms with Crippen LogP contribution in [0.3, 0.4) is 0 Å². The van der Waals surface area contributed by atoms with E-state index in [1.54, 1.807) is 30.7 Å². The Hall–Kier alpha value is -3.71. The third-order valence-corrected chi connectivity index (χ3v) is 4.66. The molecule has 0 saturated heterocycles. The predicted molar refractivity (Wildman–Crippen MR) is 116 cm³/mol. The van der Waals surface area contributed by atoms with Crippen molar-refractivity contribution >= 4 is 11.7 Å². The number of hydrogen-bond donors (Lipinski definition) is 2. The van der Waals surface area contributed by atoms with E-state index in [2.05, 4.69) is 20.3 Å². The van der Waals surface area contributed by atoms with Crippen molar-refractivity contribution in [1.29, 1.82) is 0 Å². The summed E-state index contributed by atoms with van der Waals surface area (Å²) >= 11 is 0. The van der Waals surface area contributed by atoms with Gasteiger partial charge in [-0.3, -0.25) is 9.78 Å². The fraction of sp³-hybridized carbons (Fsp3) is 0.174. The summed E-state index contributed by atoms with van der Waals surface area (Å²) in [5.74, 6) is 0.580. The lowest BCUT2D eigenvalue weighted by Crippen LogP contribution is -2.07. The summed E-state index contributed by atoms with van der Waals surface area (Å²) in [6.45, 7) is 5.21. The van der Waals surface area contributed by atoms with E-state index in [-0.39, 0.29) is 5.56 Å². The molecule has 30 heavy (non-hydrogen) atoms. The molecule has 152 valence electrons. The number of H-pyrrole nitrogens is 1. The van der Waals surface area contributed by atoms with Crippen molar-refractivity contribution in [2.45, 2.75) is 20.5 Å². The van der Waals surface area contributed by atoms with E-state index in [1.165, 1.54) is 0 Å². The van der Waals surface area contributed by atoms with Crippen LogP contribution in [-0.4, -0.2) is 21.6 Å². The molecule has 3 aromatic heterocycles. The van der Waals surface area contributed by atoms with Gasteiger partial charge in [0.05, 0.1) is 24.1 Å². The Bertz CT molecular complexity index is 1210. The van der Waals surface area contributed by atoms with Crippen LogP contribution < -0.4 is 10.9 Å². The summed E-state index contributed by atoms with van der Waals surface area (Å²) < 4.78 is 11.4. The number of nitrogens with zero attached hydrogens (tertiary/aromatic N) is 2. The fourth-order valence-electron chi connectivity index (χ4n) is 3.05. The molecule has 3 heterocycles. The van der Waals surface area contributed by atoms with Crippen LogP contribution >= 0.6 is 0 Å². The lowest BCUT2D eigenvalue weighted by molar-refractivity contribution is 0.134. The molecule has 0 aliphatic carbocycles. The van der Waals surface area contributed by atoms with Gasteiger partial charge in [-0.1, -0.05) is 12.1 Å². The third kappa shape index (κ3) is 4.31. The highest BCUT2D eigenvalue weighted by Gasteiger charge is 2.11. The molecule has 0 amide bonds. The van der Waals surface area contributed by atoms with E-state index in [1.807, 2.05) is 44.2 Å². The molecule has 2 N–H and O–H groups in total. The normalized spacial score (nSPS) is 10.9. The van der Waals surface area contributed by atoms with Crippen LogP contribution in [0.2, 0.25) is 0 Å². The van der Waals surface area contributed by atoms with Gasteiger partial charge in [-0.05, 0) is 55.3 Å². The first-order valence-corrected chi connectivity index (χ1v) is 9.68. The number of pyridine rings is 2. The van der Waals surface area contributed by atoms with E-state index < -0.39 is 0 Å². The number of ether oxygens (including phenoxy) is 1. The number of aryl methyl sites for hydroxylation is 1. The zero-order valence-corrected chi connectivity index (χ0v) is 16.8. The predicted octanol–water partition coefficient (Wildman–Crippen LogP) is 4.68. The molecule has 0 bridgehead atoms. The summed E-state index contributed by atoms with van der Waals surface area (Å²) in [4.78, 5) is 23.4. The monoisotopic (exact) mass is 402 g/mol. The average molecular weight is 402 g/mol. The van der Waals surface area contributed by atoms with Gasteiger partial charge in [-0.15, -0.1) is 0 Å². The second-order valence-corrected chi connectivity index (χ2v) is 6.78. The maximum atomic E-state index is 12.0. The Morgan fingerprint density at radius 1 is 1.17 bits per heavy atom. The summed E-state index contributed by atoms with van der Waals surface area (Å²) in [6, 6.07) is 13.6. The topological polar surface area (TPSA) is 93.0 Å². The van der Waals surface area contributed by atoms with Crippen LogP contribution in [0.5, 0.6) is 0 Å². The van der Waals surface area contributed by atoms with Gasteiger partial charge in [-0.2, -0.15) is 0 Å². The molecule has 4 aromatic rings. The lowest BCUT2D eigenvalue weighted by Gasteiger charge is -2.09. The van der Waals surface area contributed by atoms with E-state index in [0.717, 1.165) is 22.4 Å². The number of benzene rings is 1. The van der Waals surface area contributed by atoms with Crippen molar-refractivity contribution in [3.8, 4) is 22.6 Å². The number of aromatic nitrogens is 3. The highest BCUT2D eigenvalue weighted by Crippen LogP contribution is 2.28. The van der Waals surface area contributed by atoms with E-state index in [4.69, 9.17) is 9.15 Å². The maximum Gasteiger partial charge on any atom is 0.299 e. The molecular weight excluding hydrogens is 380 g/mol. The molecule has 0 saturated carbocycles. The number of oxazole rings is 1. The van der Waals surface area contributed by atoms with Crippen LogP contribution in [-0.2, 0) is 11.3 Å². The highest BCUT2D eigenvalue weighted by molar-refractivity contribution is 5.67. The smallest absolute Gasteiger partial charge is 0.299 e. The molecular formula is C23H22N4O3. The number of anilines is 2. The van der Waals surface area contributed by atoms with Gasteiger partial charge in [-0.25, -0.2) is 4.98 Å². The number of hydrogen-bond acceptors (Lipinski definition) is 6. The second-order valence-electron chi connectivity index (χ2n) is 6.78. The van der Waals surface area contributed by atoms with Gasteiger partial charge in [0, 0.05) is 30.3 Å². The first kappa shape index (κ1) is 19.6. The van der Waals surface area contributed by atoms with Crippen LogP contribution in [0, 0.1) is 6.92 Å². The Kier molecular flexibility index (Phi) is 5.72. The van der Waals surface area contributed by atoms with Crippen LogP contribution in [0.15, 0.2) is 70.3 Å². The molecule has 1 aromatic carbocycles. The molecule has 0 aliphatic heterocycles. The quantitative estimate of drug-likeness (QED) is 0.466. The summed E-state index contributed by atoms with van der Waals surface area (Å²) in [7, 11) is 0. The van der Waals surface area contributed by atoms with Crippen LogP contribution in [0.1, 0.15) is 18.1 Å². The van der Waals surface area contributed by atoms with Crippen LogP contribution in [0.4, 0.5) is 11.7 Å².